The average molecular weight is 250 g/mol. The van der Waals surface area contributed by atoms with E-state index < -0.39 is 5.97 Å². The Bertz CT molecular complexity index is 583. The molecule has 0 aliphatic carbocycles. The van der Waals surface area contributed by atoms with Gasteiger partial charge in [0.25, 0.3) is 0 Å². The number of aromatic nitrogens is 7. The Balaban J connectivity index is 1.68. The molecule has 0 bridgehead atoms. The minimum atomic E-state index is -1.07. The monoisotopic (exact) mass is 250 g/mol. The van der Waals surface area contributed by atoms with Gasteiger partial charge in [0.15, 0.2) is 5.69 Å². The van der Waals surface area contributed by atoms with Gasteiger partial charge in [-0.05, 0) is 10.4 Å². The lowest BCUT2D eigenvalue weighted by molar-refractivity contribution is 0.0690. The van der Waals surface area contributed by atoms with Gasteiger partial charge in [-0.3, -0.25) is 0 Å². The summed E-state index contributed by atoms with van der Waals surface area (Å²) in [7, 11) is 1.76. The summed E-state index contributed by atoms with van der Waals surface area (Å²) in [4.78, 5) is 12.7. The molecule has 0 saturated carbocycles. The van der Waals surface area contributed by atoms with Crippen molar-refractivity contribution in [1.29, 1.82) is 0 Å². The quantitative estimate of drug-likeness (QED) is 0.704. The maximum atomic E-state index is 10.7. The summed E-state index contributed by atoms with van der Waals surface area (Å²) in [6.07, 6.45) is 1.43. The van der Waals surface area contributed by atoms with E-state index in [0.717, 1.165) is 0 Å². The van der Waals surface area contributed by atoms with Crippen LogP contribution in [0, 0.1) is 0 Å². The highest BCUT2D eigenvalue weighted by Crippen LogP contribution is 2.24. The normalized spacial score (nSPS) is 15.7. The molecule has 0 spiro atoms. The van der Waals surface area contributed by atoms with Gasteiger partial charge in [0, 0.05) is 20.1 Å². The minimum absolute atomic E-state index is 0.0474. The van der Waals surface area contributed by atoms with E-state index in [-0.39, 0.29) is 11.7 Å². The van der Waals surface area contributed by atoms with Gasteiger partial charge in [0.05, 0.1) is 12.2 Å². The number of aryl methyl sites for hydroxylation is 1. The molecule has 0 atom stereocenters. The van der Waals surface area contributed by atoms with Gasteiger partial charge >= 0.3 is 5.97 Å². The van der Waals surface area contributed by atoms with Crippen LogP contribution in [0.3, 0.4) is 0 Å². The van der Waals surface area contributed by atoms with Crippen molar-refractivity contribution in [3.05, 3.63) is 11.9 Å². The average Bonchev–Trinajstić information content (AvgIpc) is 2.87. The lowest BCUT2D eigenvalue weighted by Gasteiger charge is -2.38. The molecule has 0 radical (unpaired) electrons. The third-order valence-electron chi connectivity index (χ3n) is 2.85. The van der Waals surface area contributed by atoms with Crippen LogP contribution in [0.25, 0.3) is 0 Å². The summed E-state index contributed by atoms with van der Waals surface area (Å²) in [5.41, 5.74) is -0.0474. The molecule has 1 N–H and O–H groups in total. The summed E-state index contributed by atoms with van der Waals surface area (Å²) in [6, 6.07) is 0.0994. The maximum Gasteiger partial charge on any atom is 0.358 e. The molecule has 0 aromatic carbocycles. The van der Waals surface area contributed by atoms with Crippen molar-refractivity contribution in [2.45, 2.75) is 6.04 Å². The summed E-state index contributed by atoms with van der Waals surface area (Å²) in [6.45, 7) is 1.35. The number of aromatic carboxylic acids is 1. The van der Waals surface area contributed by atoms with Crippen LogP contribution in [0.1, 0.15) is 16.5 Å². The van der Waals surface area contributed by atoms with E-state index in [1.807, 2.05) is 4.90 Å². The number of rotatable bonds is 3. The fourth-order valence-electron chi connectivity index (χ4n) is 1.83. The Labute approximate surface area is 101 Å². The molecule has 1 aliphatic heterocycles. The zero-order valence-corrected chi connectivity index (χ0v) is 9.50. The molecule has 1 fully saturated rings. The van der Waals surface area contributed by atoms with Crippen molar-refractivity contribution in [2.75, 3.05) is 18.0 Å². The minimum Gasteiger partial charge on any atom is -0.476 e. The molecule has 10 heteroatoms. The van der Waals surface area contributed by atoms with Crippen molar-refractivity contribution >= 4 is 11.9 Å². The van der Waals surface area contributed by atoms with Crippen molar-refractivity contribution in [1.82, 2.24) is 35.2 Å². The molecule has 10 nitrogen and oxygen atoms in total. The van der Waals surface area contributed by atoms with E-state index in [0.29, 0.717) is 19.0 Å². The second-order valence-corrected chi connectivity index (χ2v) is 4.05. The molecule has 3 heterocycles. The summed E-state index contributed by atoms with van der Waals surface area (Å²) < 4.78 is 3.14. The van der Waals surface area contributed by atoms with Crippen LogP contribution in [0.15, 0.2) is 6.20 Å². The van der Waals surface area contributed by atoms with Gasteiger partial charge in [-0.1, -0.05) is 10.3 Å². The van der Waals surface area contributed by atoms with Crippen molar-refractivity contribution < 1.29 is 9.90 Å². The predicted octanol–water partition coefficient (Wildman–Crippen LogP) is -1.44. The number of carbonyl (C=O) groups is 1. The Kier molecular flexibility index (Phi) is 2.21. The summed E-state index contributed by atoms with van der Waals surface area (Å²) >= 11 is 0. The Morgan fingerprint density at radius 2 is 2.17 bits per heavy atom. The zero-order chi connectivity index (χ0) is 12.7. The van der Waals surface area contributed by atoms with Gasteiger partial charge in [-0.15, -0.1) is 5.10 Å². The van der Waals surface area contributed by atoms with Crippen molar-refractivity contribution in [3.8, 4) is 0 Å². The highest BCUT2D eigenvalue weighted by Gasteiger charge is 2.32. The number of hydrogen-bond acceptors (Lipinski definition) is 7. The molecule has 0 amide bonds. The van der Waals surface area contributed by atoms with E-state index in [4.69, 9.17) is 5.11 Å². The van der Waals surface area contributed by atoms with Gasteiger partial charge in [-0.25, -0.2) is 14.2 Å². The number of carboxylic acids is 1. The summed E-state index contributed by atoms with van der Waals surface area (Å²) in [5.74, 6) is -0.389. The van der Waals surface area contributed by atoms with Crippen molar-refractivity contribution in [3.63, 3.8) is 0 Å². The summed E-state index contributed by atoms with van der Waals surface area (Å²) in [5, 5.41) is 27.3. The first-order chi connectivity index (χ1) is 8.65. The highest BCUT2D eigenvalue weighted by atomic mass is 16.4. The molecular weight excluding hydrogens is 240 g/mol. The first kappa shape index (κ1) is 10.6. The molecule has 2 aromatic heterocycles. The van der Waals surface area contributed by atoms with E-state index in [1.54, 1.807) is 16.4 Å². The Hall–Kier alpha value is -2.52. The van der Waals surface area contributed by atoms with Crippen LogP contribution < -0.4 is 4.90 Å². The molecule has 3 rings (SSSR count). The number of carboxylic acid groups (broad SMARTS) is 1. The number of tetrazole rings is 1. The largest absolute Gasteiger partial charge is 0.476 e. The Morgan fingerprint density at radius 3 is 2.72 bits per heavy atom. The van der Waals surface area contributed by atoms with Gasteiger partial charge in [0.1, 0.15) is 0 Å². The van der Waals surface area contributed by atoms with Crippen LogP contribution in [0.4, 0.5) is 5.95 Å². The number of anilines is 1. The highest BCUT2D eigenvalue weighted by molar-refractivity contribution is 5.84. The lowest BCUT2D eigenvalue weighted by atomic mass is 10.1. The molecule has 0 unspecified atom stereocenters. The molecule has 2 aromatic rings. The lowest BCUT2D eigenvalue weighted by Crippen LogP contribution is -2.49. The topological polar surface area (TPSA) is 115 Å². The Morgan fingerprint density at radius 1 is 1.39 bits per heavy atom. The van der Waals surface area contributed by atoms with E-state index in [9.17, 15) is 4.79 Å². The maximum absolute atomic E-state index is 10.7. The number of hydrogen-bond donors (Lipinski definition) is 1. The standard InChI is InChI=1S/C8H10N8O2/c1-14-8(10-11-13-14)15-2-5(3-15)16-4-6(7(17)18)9-12-16/h4-5H,2-3H2,1H3,(H,17,18). The second kappa shape index (κ2) is 3.75. The smallest absolute Gasteiger partial charge is 0.358 e. The molecule has 18 heavy (non-hydrogen) atoms. The third kappa shape index (κ3) is 1.58. The zero-order valence-electron chi connectivity index (χ0n) is 9.50. The van der Waals surface area contributed by atoms with Crippen molar-refractivity contribution in [2.24, 2.45) is 7.05 Å². The second-order valence-electron chi connectivity index (χ2n) is 4.05. The fraction of sp³-hybridized carbons (Fsp3) is 0.500. The molecule has 1 aliphatic rings. The van der Waals surface area contributed by atoms with Gasteiger partial charge in [0.2, 0.25) is 5.95 Å². The third-order valence-corrected chi connectivity index (χ3v) is 2.85. The van der Waals surface area contributed by atoms with E-state index in [2.05, 4.69) is 25.8 Å². The van der Waals surface area contributed by atoms with Crippen LogP contribution >= 0.6 is 0 Å². The first-order valence-electron chi connectivity index (χ1n) is 5.27. The number of nitrogens with zero attached hydrogens (tertiary/aromatic N) is 8. The van der Waals surface area contributed by atoms with E-state index in [1.165, 1.54) is 6.20 Å². The molecular formula is C8H10N8O2. The predicted molar refractivity (Wildman–Crippen MR) is 57.0 cm³/mol. The van der Waals surface area contributed by atoms with Gasteiger partial charge < -0.3 is 10.0 Å². The molecule has 94 valence electrons. The van der Waals surface area contributed by atoms with Gasteiger partial charge in [-0.2, -0.15) is 0 Å². The first-order valence-corrected chi connectivity index (χ1v) is 5.27. The van der Waals surface area contributed by atoms with Crippen LogP contribution in [0.2, 0.25) is 0 Å². The van der Waals surface area contributed by atoms with Crippen LogP contribution in [0.5, 0.6) is 0 Å². The molecule has 1 saturated heterocycles. The SMILES string of the molecule is Cn1nnnc1N1CC(n2cc(C(=O)O)nn2)C1. The van der Waals surface area contributed by atoms with E-state index >= 15 is 0 Å². The fourth-order valence-corrected chi connectivity index (χ4v) is 1.83. The van der Waals surface area contributed by atoms with Crippen LogP contribution in [-0.4, -0.2) is 59.4 Å². The van der Waals surface area contributed by atoms with Crippen LogP contribution in [-0.2, 0) is 7.05 Å².